The van der Waals surface area contributed by atoms with Crippen LogP contribution in [-0.4, -0.2) is 30.3 Å². The Morgan fingerprint density at radius 3 is 2.83 bits per heavy atom. The summed E-state index contributed by atoms with van der Waals surface area (Å²) in [6, 6.07) is 13.2. The Balaban J connectivity index is 1.43. The highest BCUT2D eigenvalue weighted by atomic mass is 16.2. The molecule has 0 spiro atoms. The molecule has 3 aromatic heterocycles. The van der Waals surface area contributed by atoms with Gasteiger partial charge in [-0.2, -0.15) is 15.3 Å². The fourth-order valence-corrected chi connectivity index (χ4v) is 2.95. The lowest BCUT2D eigenvalue weighted by molar-refractivity contribution is -0.116. The molecule has 1 amide bonds. The van der Waals surface area contributed by atoms with E-state index in [0.29, 0.717) is 11.3 Å². The number of fused-ring (bicyclic) bond motifs is 1. The van der Waals surface area contributed by atoms with Crippen molar-refractivity contribution in [2.24, 2.45) is 0 Å². The van der Waals surface area contributed by atoms with Gasteiger partial charge in [-0.3, -0.25) is 9.48 Å². The summed E-state index contributed by atoms with van der Waals surface area (Å²) < 4.78 is 3.17. The summed E-state index contributed by atoms with van der Waals surface area (Å²) in [7, 11) is 0. The van der Waals surface area contributed by atoms with E-state index in [1.807, 2.05) is 31.2 Å². The van der Waals surface area contributed by atoms with E-state index in [-0.39, 0.29) is 24.3 Å². The van der Waals surface area contributed by atoms with Crippen molar-refractivity contribution in [2.75, 3.05) is 11.1 Å². The number of nitrogens with zero attached hydrogens (tertiary/aromatic N) is 6. The summed E-state index contributed by atoms with van der Waals surface area (Å²) in [5.74, 6) is -0.165. The number of nitriles is 1. The van der Waals surface area contributed by atoms with Gasteiger partial charge in [-0.25, -0.2) is 4.52 Å². The quantitative estimate of drug-likeness (QED) is 0.542. The SMILES string of the molecule is CC(C#N)c1ccc(NC(=O)Cn2cc(-c3ccn4nc(N)nc4c3)cn2)cc1. The van der Waals surface area contributed by atoms with Crippen molar-refractivity contribution in [3.63, 3.8) is 0 Å². The van der Waals surface area contributed by atoms with Crippen molar-refractivity contribution in [3.05, 3.63) is 60.6 Å². The maximum Gasteiger partial charge on any atom is 0.246 e. The van der Waals surface area contributed by atoms with Crippen LogP contribution in [0.2, 0.25) is 0 Å². The van der Waals surface area contributed by atoms with Gasteiger partial charge < -0.3 is 11.1 Å². The minimum Gasteiger partial charge on any atom is -0.366 e. The Morgan fingerprint density at radius 1 is 1.28 bits per heavy atom. The Kier molecular flexibility index (Phi) is 4.66. The van der Waals surface area contributed by atoms with Crippen LogP contribution in [0.4, 0.5) is 11.6 Å². The molecule has 4 aromatic rings. The van der Waals surface area contributed by atoms with Gasteiger partial charge >= 0.3 is 0 Å². The lowest BCUT2D eigenvalue weighted by Crippen LogP contribution is -2.18. The fraction of sp³-hybridized carbons (Fsp3) is 0.150. The Morgan fingerprint density at radius 2 is 2.07 bits per heavy atom. The number of rotatable bonds is 5. The van der Waals surface area contributed by atoms with Crippen molar-refractivity contribution in [2.45, 2.75) is 19.4 Å². The lowest BCUT2D eigenvalue weighted by Gasteiger charge is -2.07. The number of nitrogens with one attached hydrogen (secondary N) is 1. The number of amides is 1. The summed E-state index contributed by atoms with van der Waals surface area (Å²) >= 11 is 0. The summed E-state index contributed by atoms with van der Waals surface area (Å²) in [5, 5.41) is 20.1. The third kappa shape index (κ3) is 3.91. The van der Waals surface area contributed by atoms with Crippen LogP contribution >= 0.6 is 0 Å². The van der Waals surface area contributed by atoms with Crippen molar-refractivity contribution in [1.82, 2.24) is 24.4 Å². The van der Waals surface area contributed by atoms with Crippen LogP contribution in [0, 0.1) is 11.3 Å². The number of aromatic nitrogens is 5. The zero-order valence-corrected chi connectivity index (χ0v) is 15.6. The zero-order chi connectivity index (χ0) is 20.4. The number of carbonyl (C=O) groups excluding carboxylic acids is 1. The molecule has 9 nitrogen and oxygen atoms in total. The summed E-state index contributed by atoms with van der Waals surface area (Å²) in [4.78, 5) is 16.5. The molecule has 1 aromatic carbocycles. The number of nitrogen functional groups attached to an aromatic ring is 1. The summed E-state index contributed by atoms with van der Waals surface area (Å²) in [6.07, 6.45) is 5.26. The number of hydrogen-bond acceptors (Lipinski definition) is 6. The van der Waals surface area contributed by atoms with Crippen molar-refractivity contribution in [3.8, 4) is 17.2 Å². The second kappa shape index (κ2) is 7.44. The third-order valence-electron chi connectivity index (χ3n) is 4.51. The van der Waals surface area contributed by atoms with E-state index in [4.69, 9.17) is 11.0 Å². The molecule has 4 rings (SSSR count). The first-order valence-corrected chi connectivity index (χ1v) is 8.96. The Bertz CT molecular complexity index is 1220. The van der Waals surface area contributed by atoms with E-state index in [1.165, 1.54) is 0 Å². The minimum atomic E-state index is -0.193. The molecule has 1 unspecified atom stereocenters. The first kappa shape index (κ1) is 18.2. The standard InChI is InChI=1S/C20H18N8O/c1-13(9-21)14-2-4-17(5-3-14)24-19(29)12-27-11-16(10-23-27)15-6-7-28-18(8-15)25-20(22)26-28/h2-8,10-11,13H,12H2,1H3,(H2,22,26)(H,24,29). The molecule has 3 heterocycles. The van der Waals surface area contributed by atoms with Gasteiger partial charge in [0.15, 0.2) is 5.65 Å². The predicted molar refractivity (Wildman–Crippen MR) is 108 cm³/mol. The fourth-order valence-electron chi connectivity index (χ4n) is 2.95. The predicted octanol–water partition coefficient (Wildman–Crippen LogP) is 2.44. The number of nitrogens with two attached hydrogens (primary N) is 1. The van der Waals surface area contributed by atoms with Crippen molar-refractivity contribution >= 4 is 23.2 Å². The smallest absolute Gasteiger partial charge is 0.246 e. The molecule has 0 fully saturated rings. The van der Waals surface area contributed by atoms with Crippen LogP contribution in [0.1, 0.15) is 18.4 Å². The van der Waals surface area contributed by atoms with Crippen LogP contribution in [0.15, 0.2) is 55.0 Å². The monoisotopic (exact) mass is 386 g/mol. The van der Waals surface area contributed by atoms with Gasteiger partial charge in [0.05, 0.1) is 18.2 Å². The molecule has 9 heteroatoms. The van der Waals surface area contributed by atoms with Gasteiger partial charge in [0.1, 0.15) is 6.54 Å². The summed E-state index contributed by atoms with van der Waals surface area (Å²) in [5.41, 5.74) is 9.59. The third-order valence-corrected chi connectivity index (χ3v) is 4.51. The van der Waals surface area contributed by atoms with Crippen LogP contribution < -0.4 is 11.1 Å². The van der Waals surface area contributed by atoms with E-state index in [2.05, 4.69) is 26.6 Å². The molecular formula is C20H18N8O. The molecular weight excluding hydrogens is 368 g/mol. The zero-order valence-electron chi connectivity index (χ0n) is 15.6. The largest absolute Gasteiger partial charge is 0.366 e. The average molecular weight is 386 g/mol. The van der Waals surface area contributed by atoms with Gasteiger partial charge in [-0.1, -0.05) is 12.1 Å². The normalized spacial score (nSPS) is 11.9. The Labute approximate surface area is 166 Å². The van der Waals surface area contributed by atoms with Crippen molar-refractivity contribution < 1.29 is 4.79 Å². The highest BCUT2D eigenvalue weighted by Gasteiger charge is 2.09. The molecule has 0 aliphatic carbocycles. The number of hydrogen-bond donors (Lipinski definition) is 2. The second-order valence-corrected chi connectivity index (χ2v) is 6.64. The lowest BCUT2D eigenvalue weighted by atomic mass is 10.0. The number of carbonyl (C=O) groups is 1. The van der Waals surface area contributed by atoms with Gasteiger partial charge in [-0.05, 0) is 42.3 Å². The van der Waals surface area contributed by atoms with Gasteiger partial charge in [-0.15, -0.1) is 5.10 Å². The molecule has 0 aliphatic heterocycles. The van der Waals surface area contributed by atoms with E-state index < -0.39 is 0 Å². The number of anilines is 2. The molecule has 0 aliphatic rings. The van der Waals surface area contributed by atoms with Crippen LogP contribution in [0.25, 0.3) is 16.8 Å². The number of pyridine rings is 1. The molecule has 0 saturated carbocycles. The van der Waals surface area contributed by atoms with Crippen LogP contribution in [-0.2, 0) is 11.3 Å². The molecule has 1 atom stereocenters. The van der Waals surface area contributed by atoms with E-state index in [0.717, 1.165) is 16.7 Å². The molecule has 0 bridgehead atoms. The maximum absolute atomic E-state index is 12.3. The van der Waals surface area contributed by atoms with E-state index >= 15 is 0 Å². The molecule has 29 heavy (non-hydrogen) atoms. The van der Waals surface area contributed by atoms with Gasteiger partial charge in [0, 0.05) is 23.6 Å². The first-order chi connectivity index (χ1) is 14.0. The van der Waals surface area contributed by atoms with E-state index in [9.17, 15) is 4.79 Å². The van der Waals surface area contributed by atoms with Crippen LogP contribution in [0.5, 0.6) is 0 Å². The average Bonchev–Trinajstić information content (AvgIpc) is 3.32. The van der Waals surface area contributed by atoms with E-state index in [1.54, 1.807) is 39.9 Å². The number of benzene rings is 1. The topological polar surface area (TPSA) is 127 Å². The minimum absolute atomic E-state index is 0.0798. The second-order valence-electron chi connectivity index (χ2n) is 6.64. The molecule has 3 N–H and O–H groups in total. The molecule has 0 radical (unpaired) electrons. The first-order valence-electron chi connectivity index (χ1n) is 8.96. The summed E-state index contributed by atoms with van der Waals surface area (Å²) in [6.45, 7) is 1.91. The highest BCUT2D eigenvalue weighted by Crippen LogP contribution is 2.20. The molecule has 0 saturated heterocycles. The van der Waals surface area contributed by atoms with Gasteiger partial charge in [0.25, 0.3) is 0 Å². The van der Waals surface area contributed by atoms with Crippen molar-refractivity contribution in [1.29, 1.82) is 5.26 Å². The maximum atomic E-state index is 12.3. The molecule has 144 valence electrons. The highest BCUT2D eigenvalue weighted by molar-refractivity contribution is 5.90. The van der Waals surface area contributed by atoms with Gasteiger partial charge in [0.2, 0.25) is 11.9 Å². The van der Waals surface area contributed by atoms with Crippen LogP contribution in [0.3, 0.4) is 0 Å². The Hall–Kier alpha value is -4.19.